The fraction of sp³-hybridized carbons (Fsp3) is 0.545. The molecule has 2 rings (SSSR count). The fourth-order valence-corrected chi connectivity index (χ4v) is 1.94. The molecule has 1 fully saturated rings. The molecule has 0 atom stereocenters. The third-order valence-corrected chi connectivity index (χ3v) is 2.80. The molecule has 16 heavy (non-hydrogen) atoms. The molecule has 1 saturated heterocycles. The molecule has 1 aromatic rings. The van der Waals surface area contributed by atoms with Gasteiger partial charge in [0.2, 0.25) is 0 Å². The van der Waals surface area contributed by atoms with Crippen LogP contribution in [0.25, 0.3) is 0 Å². The summed E-state index contributed by atoms with van der Waals surface area (Å²) in [5.41, 5.74) is 0.0641. The minimum absolute atomic E-state index is 0.0641. The molecule has 0 amide bonds. The van der Waals surface area contributed by atoms with Crippen LogP contribution in [0.2, 0.25) is 0 Å². The molecule has 0 radical (unpaired) electrons. The molecular formula is C11H15N3O2. The van der Waals surface area contributed by atoms with Gasteiger partial charge in [0, 0.05) is 19.2 Å². The van der Waals surface area contributed by atoms with Crippen molar-refractivity contribution in [2.24, 2.45) is 0 Å². The highest BCUT2D eigenvalue weighted by atomic mass is 16.4. The van der Waals surface area contributed by atoms with Gasteiger partial charge in [0.15, 0.2) is 5.69 Å². The van der Waals surface area contributed by atoms with Crippen LogP contribution < -0.4 is 4.90 Å². The summed E-state index contributed by atoms with van der Waals surface area (Å²) in [5, 5.41) is 8.85. The van der Waals surface area contributed by atoms with Crippen LogP contribution >= 0.6 is 0 Å². The molecular weight excluding hydrogens is 206 g/mol. The fourth-order valence-electron chi connectivity index (χ4n) is 1.94. The summed E-state index contributed by atoms with van der Waals surface area (Å²) < 4.78 is 0. The summed E-state index contributed by atoms with van der Waals surface area (Å²) in [5.74, 6) is -0.271. The summed E-state index contributed by atoms with van der Waals surface area (Å²) in [4.78, 5) is 20.8. The molecule has 1 aliphatic rings. The van der Waals surface area contributed by atoms with Gasteiger partial charge in [-0.1, -0.05) is 12.8 Å². The van der Waals surface area contributed by atoms with E-state index in [1.54, 1.807) is 6.07 Å². The molecule has 5 nitrogen and oxygen atoms in total. The molecule has 2 heterocycles. The van der Waals surface area contributed by atoms with Crippen LogP contribution in [-0.4, -0.2) is 34.1 Å². The molecule has 0 unspecified atom stereocenters. The maximum atomic E-state index is 10.8. The molecule has 1 aliphatic heterocycles. The van der Waals surface area contributed by atoms with Gasteiger partial charge in [-0.2, -0.15) is 0 Å². The summed E-state index contributed by atoms with van der Waals surface area (Å²) in [6.45, 7) is 1.91. The van der Waals surface area contributed by atoms with Crippen molar-refractivity contribution in [2.75, 3.05) is 18.0 Å². The molecule has 0 bridgehead atoms. The average Bonchev–Trinajstić information content (AvgIpc) is 2.57. The Balaban J connectivity index is 2.18. The van der Waals surface area contributed by atoms with E-state index >= 15 is 0 Å². The first-order valence-electron chi connectivity index (χ1n) is 5.57. The minimum Gasteiger partial charge on any atom is -0.477 e. The van der Waals surface area contributed by atoms with E-state index in [4.69, 9.17) is 5.11 Å². The molecule has 0 saturated carbocycles. The summed E-state index contributed by atoms with van der Waals surface area (Å²) in [6, 6.07) is 1.55. The number of carbonyl (C=O) groups is 1. The van der Waals surface area contributed by atoms with E-state index in [1.807, 2.05) is 0 Å². The lowest BCUT2D eigenvalue weighted by atomic mass is 10.2. The van der Waals surface area contributed by atoms with Crippen LogP contribution in [0, 0.1) is 0 Å². The molecule has 5 heteroatoms. The lowest BCUT2D eigenvalue weighted by molar-refractivity contribution is 0.0690. The van der Waals surface area contributed by atoms with Gasteiger partial charge >= 0.3 is 5.97 Å². The third kappa shape index (κ3) is 2.48. The monoisotopic (exact) mass is 221 g/mol. The van der Waals surface area contributed by atoms with Crippen molar-refractivity contribution >= 4 is 11.8 Å². The predicted octanol–water partition coefficient (Wildman–Crippen LogP) is 1.56. The van der Waals surface area contributed by atoms with Crippen molar-refractivity contribution in [3.8, 4) is 0 Å². The Hall–Kier alpha value is -1.65. The zero-order valence-electron chi connectivity index (χ0n) is 9.09. The number of rotatable bonds is 2. The van der Waals surface area contributed by atoms with E-state index in [-0.39, 0.29) is 5.69 Å². The van der Waals surface area contributed by atoms with Gasteiger partial charge in [-0.25, -0.2) is 14.8 Å². The first-order valence-corrected chi connectivity index (χ1v) is 5.57. The number of nitrogens with zero attached hydrogens (tertiary/aromatic N) is 3. The SMILES string of the molecule is O=C(O)c1cc(N2CCCCCC2)ncn1. The van der Waals surface area contributed by atoms with Gasteiger partial charge < -0.3 is 10.0 Å². The zero-order valence-corrected chi connectivity index (χ0v) is 9.09. The van der Waals surface area contributed by atoms with E-state index in [2.05, 4.69) is 14.9 Å². The van der Waals surface area contributed by atoms with Crippen molar-refractivity contribution < 1.29 is 9.90 Å². The maximum Gasteiger partial charge on any atom is 0.354 e. The molecule has 0 aliphatic carbocycles. The first kappa shape index (κ1) is 10.9. The van der Waals surface area contributed by atoms with Crippen LogP contribution in [0.3, 0.4) is 0 Å². The number of anilines is 1. The number of hydrogen-bond acceptors (Lipinski definition) is 4. The lowest BCUT2D eigenvalue weighted by Gasteiger charge is -2.20. The lowest BCUT2D eigenvalue weighted by Crippen LogP contribution is -2.25. The normalized spacial score (nSPS) is 16.9. The first-order chi connectivity index (χ1) is 7.77. The topological polar surface area (TPSA) is 66.3 Å². The number of hydrogen-bond donors (Lipinski definition) is 1. The van der Waals surface area contributed by atoms with Gasteiger partial charge in [0.1, 0.15) is 12.1 Å². The summed E-state index contributed by atoms with van der Waals surface area (Å²) in [7, 11) is 0. The smallest absolute Gasteiger partial charge is 0.354 e. The Morgan fingerprint density at radius 3 is 2.50 bits per heavy atom. The number of carboxylic acid groups (broad SMARTS) is 1. The highest BCUT2D eigenvalue weighted by Crippen LogP contribution is 2.17. The van der Waals surface area contributed by atoms with Gasteiger partial charge in [-0.15, -0.1) is 0 Å². The molecule has 86 valence electrons. The van der Waals surface area contributed by atoms with Crippen molar-refractivity contribution in [1.82, 2.24) is 9.97 Å². The molecule has 0 spiro atoms. The average molecular weight is 221 g/mol. The van der Waals surface area contributed by atoms with Crippen LogP contribution in [-0.2, 0) is 0 Å². The van der Waals surface area contributed by atoms with Crippen LogP contribution in [0.15, 0.2) is 12.4 Å². The molecule has 1 aromatic heterocycles. The van der Waals surface area contributed by atoms with Gasteiger partial charge in [0.25, 0.3) is 0 Å². The van der Waals surface area contributed by atoms with E-state index in [9.17, 15) is 4.79 Å². The van der Waals surface area contributed by atoms with Gasteiger partial charge in [0.05, 0.1) is 0 Å². The molecule has 0 aromatic carbocycles. The Labute approximate surface area is 94.1 Å². The van der Waals surface area contributed by atoms with E-state index in [1.165, 1.54) is 19.2 Å². The summed E-state index contributed by atoms with van der Waals surface area (Å²) >= 11 is 0. The van der Waals surface area contributed by atoms with Crippen LogP contribution in [0.4, 0.5) is 5.82 Å². The van der Waals surface area contributed by atoms with E-state index in [0.29, 0.717) is 0 Å². The second kappa shape index (κ2) is 4.92. The third-order valence-electron chi connectivity index (χ3n) is 2.80. The van der Waals surface area contributed by atoms with Gasteiger partial charge in [-0.3, -0.25) is 0 Å². The minimum atomic E-state index is -1.00. The second-order valence-electron chi connectivity index (χ2n) is 3.97. The van der Waals surface area contributed by atoms with Crippen molar-refractivity contribution in [3.63, 3.8) is 0 Å². The number of carboxylic acids is 1. The Kier molecular flexibility index (Phi) is 3.34. The Morgan fingerprint density at radius 1 is 1.19 bits per heavy atom. The predicted molar refractivity (Wildman–Crippen MR) is 59.7 cm³/mol. The Morgan fingerprint density at radius 2 is 1.88 bits per heavy atom. The highest BCUT2D eigenvalue weighted by Gasteiger charge is 2.13. The molecule has 1 N–H and O–H groups in total. The maximum absolute atomic E-state index is 10.8. The Bertz CT molecular complexity index is 373. The second-order valence-corrected chi connectivity index (χ2v) is 3.97. The van der Waals surface area contributed by atoms with E-state index < -0.39 is 5.97 Å². The summed E-state index contributed by atoms with van der Waals surface area (Å²) in [6.07, 6.45) is 6.10. The largest absolute Gasteiger partial charge is 0.477 e. The van der Waals surface area contributed by atoms with Gasteiger partial charge in [-0.05, 0) is 12.8 Å². The number of aromatic carboxylic acids is 1. The van der Waals surface area contributed by atoms with Crippen molar-refractivity contribution in [3.05, 3.63) is 18.1 Å². The number of aromatic nitrogens is 2. The van der Waals surface area contributed by atoms with Crippen molar-refractivity contribution in [2.45, 2.75) is 25.7 Å². The zero-order chi connectivity index (χ0) is 11.4. The highest BCUT2D eigenvalue weighted by molar-refractivity contribution is 5.86. The van der Waals surface area contributed by atoms with Crippen molar-refractivity contribution in [1.29, 1.82) is 0 Å². The van der Waals surface area contributed by atoms with Crippen LogP contribution in [0.5, 0.6) is 0 Å². The van der Waals surface area contributed by atoms with E-state index in [0.717, 1.165) is 31.7 Å². The standard InChI is InChI=1S/C11H15N3O2/c15-11(16)9-7-10(13-8-12-9)14-5-3-1-2-4-6-14/h7-8H,1-6H2,(H,15,16). The van der Waals surface area contributed by atoms with Crippen LogP contribution in [0.1, 0.15) is 36.2 Å². The quantitative estimate of drug-likeness (QED) is 0.820.